The number of cyclic esters (lactones) is 1. The summed E-state index contributed by atoms with van der Waals surface area (Å²) in [7, 11) is 0. The minimum absolute atomic E-state index is 0.129. The zero-order chi connectivity index (χ0) is 9.14. The predicted octanol–water partition coefficient (Wildman–Crippen LogP) is -0.339. The van der Waals surface area contributed by atoms with Crippen LogP contribution in [0.5, 0.6) is 0 Å². The van der Waals surface area contributed by atoms with Gasteiger partial charge in [0.05, 0.1) is 6.42 Å². The van der Waals surface area contributed by atoms with Gasteiger partial charge in [-0.1, -0.05) is 13.8 Å². The van der Waals surface area contributed by atoms with Gasteiger partial charge in [0.25, 0.3) is 0 Å². The summed E-state index contributed by atoms with van der Waals surface area (Å²) in [6.07, 6.45) is -0.867. The van der Waals surface area contributed by atoms with E-state index in [2.05, 4.69) is 5.32 Å². The highest BCUT2D eigenvalue weighted by atomic mass is 16.6. The second kappa shape index (κ2) is 3.87. The molecule has 0 unspecified atom stereocenters. The van der Waals surface area contributed by atoms with Crippen LogP contribution in [0, 0.1) is 0 Å². The van der Waals surface area contributed by atoms with Gasteiger partial charge in [0, 0.05) is 12.6 Å². The molecule has 4 heteroatoms. The molecule has 0 aliphatic carbocycles. The first-order valence-electron chi connectivity index (χ1n) is 4.20. The lowest BCUT2D eigenvalue weighted by atomic mass is 10.2. The van der Waals surface area contributed by atoms with E-state index in [4.69, 9.17) is 4.74 Å². The zero-order valence-electron chi connectivity index (χ0n) is 7.41. The Morgan fingerprint density at radius 3 is 2.83 bits per heavy atom. The summed E-state index contributed by atoms with van der Waals surface area (Å²) < 4.78 is 4.87. The maximum Gasteiger partial charge on any atom is 0.308 e. The lowest BCUT2D eigenvalue weighted by Crippen LogP contribution is -2.36. The molecule has 0 saturated carbocycles. The molecule has 1 aliphatic rings. The van der Waals surface area contributed by atoms with Crippen LogP contribution in [0.4, 0.5) is 0 Å². The Kier molecular flexibility index (Phi) is 3.05. The normalized spacial score (nSPS) is 29.5. The van der Waals surface area contributed by atoms with Crippen molar-refractivity contribution in [1.82, 2.24) is 5.32 Å². The Hall–Kier alpha value is -0.610. The van der Waals surface area contributed by atoms with E-state index in [0.717, 1.165) is 0 Å². The molecule has 1 rings (SSSR count). The Labute approximate surface area is 71.9 Å². The minimum Gasteiger partial charge on any atom is -0.458 e. The first-order valence-corrected chi connectivity index (χ1v) is 4.20. The molecule has 1 saturated heterocycles. The third-order valence-corrected chi connectivity index (χ3v) is 1.82. The Balaban J connectivity index is 2.28. The number of carbonyl (C=O) groups is 1. The van der Waals surface area contributed by atoms with Gasteiger partial charge in [0.15, 0.2) is 0 Å². The quantitative estimate of drug-likeness (QED) is 0.573. The van der Waals surface area contributed by atoms with Gasteiger partial charge >= 0.3 is 5.97 Å². The Bertz CT molecular complexity index is 170. The summed E-state index contributed by atoms with van der Waals surface area (Å²) in [5.41, 5.74) is 0. The lowest BCUT2D eigenvalue weighted by molar-refractivity contribution is -0.141. The van der Waals surface area contributed by atoms with Gasteiger partial charge in [-0.2, -0.15) is 0 Å². The van der Waals surface area contributed by atoms with Crippen LogP contribution in [0.15, 0.2) is 0 Å². The Morgan fingerprint density at radius 1 is 1.75 bits per heavy atom. The topological polar surface area (TPSA) is 58.6 Å². The van der Waals surface area contributed by atoms with Crippen LogP contribution in [0.1, 0.15) is 20.3 Å². The average molecular weight is 173 g/mol. The van der Waals surface area contributed by atoms with E-state index in [9.17, 15) is 9.90 Å². The number of nitrogens with one attached hydrogen (secondary N) is 1. The number of rotatable bonds is 3. The average Bonchev–Trinajstić information content (AvgIpc) is 2.26. The molecule has 2 atom stereocenters. The van der Waals surface area contributed by atoms with Gasteiger partial charge in [0.2, 0.25) is 0 Å². The molecule has 1 fully saturated rings. The molecule has 0 spiro atoms. The molecule has 12 heavy (non-hydrogen) atoms. The standard InChI is InChI=1S/C8H15NO3/c1-5(2)9-4-7-6(10)3-8(11)12-7/h5-7,9-10H,3-4H2,1-2H3/t6-,7+/m1/s1. The van der Waals surface area contributed by atoms with Crippen molar-refractivity contribution >= 4 is 5.97 Å². The van der Waals surface area contributed by atoms with Gasteiger partial charge in [-0.15, -0.1) is 0 Å². The lowest BCUT2D eigenvalue weighted by Gasteiger charge is -2.15. The molecule has 0 aromatic heterocycles. The number of ether oxygens (including phenoxy) is 1. The zero-order valence-corrected chi connectivity index (χ0v) is 7.41. The van der Waals surface area contributed by atoms with Crippen LogP contribution in [-0.4, -0.2) is 35.9 Å². The first kappa shape index (κ1) is 9.48. The van der Waals surface area contributed by atoms with Gasteiger partial charge in [-0.05, 0) is 0 Å². The van der Waals surface area contributed by atoms with Crippen molar-refractivity contribution in [1.29, 1.82) is 0 Å². The molecule has 4 nitrogen and oxygen atoms in total. The van der Waals surface area contributed by atoms with E-state index < -0.39 is 6.10 Å². The molecule has 70 valence electrons. The molecule has 2 N–H and O–H groups in total. The molecule has 0 amide bonds. The van der Waals surface area contributed by atoms with E-state index in [-0.39, 0.29) is 18.5 Å². The molecule has 0 bridgehead atoms. The molecule has 1 heterocycles. The number of hydrogen-bond acceptors (Lipinski definition) is 4. The molecule has 0 aromatic carbocycles. The van der Waals surface area contributed by atoms with Crippen molar-refractivity contribution in [2.24, 2.45) is 0 Å². The summed E-state index contributed by atoms with van der Waals surface area (Å²) in [5.74, 6) is -0.307. The van der Waals surface area contributed by atoms with E-state index in [1.54, 1.807) is 0 Å². The van der Waals surface area contributed by atoms with Crippen LogP contribution in [0.2, 0.25) is 0 Å². The largest absolute Gasteiger partial charge is 0.458 e. The minimum atomic E-state index is -0.635. The van der Waals surface area contributed by atoms with Crippen LogP contribution in [0.25, 0.3) is 0 Å². The number of carbonyl (C=O) groups excluding carboxylic acids is 1. The Morgan fingerprint density at radius 2 is 2.42 bits per heavy atom. The number of esters is 1. The monoisotopic (exact) mass is 173 g/mol. The molecular weight excluding hydrogens is 158 g/mol. The van der Waals surface area contributed by atoms with Gasteiger partial charge < -0.3 is 15.2 Å². The SMILES string of the molecule is CC(C)NC[C@@H]1OC(=O)C[C@H]1O. The molecule has 1 aliphatic heterocycles. The number of aliphatic hydroxyl groups is 1. The second-order valence-electron chi connectivity index (χ2n) is 3.36. The fraction of sp³-hybridized carbons (Fsp3) is 0.875. The van der Waals surface area contributed by atoms with Crippen molar-refractivity contribution in [3.63, 3.8) is 0 Å². The number of hydrogen-bond donors (Lipinski definition) is 2. The van der Waals surface area contributed by atoms with Crippen molar-refractivity contribution in [2.75, 3.05) is 6.54 Å². The summed E-state index contributed by atoms with van der Waals surface area (Å²) in [6, 6.07) is 0.344. The second-order valence-corrected chi connectivity index (χ2v) is 3.36. The number of aliphatic hydroxyl groups excluding tert-OH is 1. The van der Waals surface area contributed by atoms with Crippen molar-refractivity contribution in [3.05, 3.63) is 0 Å². The van der Waals surface area contributed by atoms with Gasteiger partial charge in [-0.3, -0.25) is 4.79 Å². The van der Waals surface area contributed by atoms with E-state index >= 15 is 0 Å². The highest BCUT2D eigenvalue weighted by Gasteiger charge is 2.32. The van der Waals surface area contributed by atoms with Crippen LogP contribution in [-0.2, 0) is 9.53 Å². The maximum absolute atomic E-state index is 10.7. The smallest absolute Gasteiger partial charge is 0.308 e. The summed E-state index contributed by atoms with van der Waals surface area (Å²) in [4.78, 5) is 10.7. The summed E-state index contributed by atoms with van der Waals surface area (Å²) in [5, 5.41) is 12.4. The van der Waals surface area contributed by atoms with Crippen molar-refractivity contribution < 1.29 is 14.6 Å². The molecule has 0 radical (unpaired) electrons. The third-order valence-electron chi connectivity index (χ3n) is 1.82. The fourth-order valence-corrected chi connectivity index (χ4v) is 1.13. The third kappa shape index (κ3) is 2.46. The predicted molar refractivity (Wildman–Crippen MR) is 43.6 cm³/mol. The van der Waals surface area contributed by atoms with Crippen LogP contribution >= 0.6 is 0 Å². The van der Waals surface area contributed by atoms with Crippen molar-refractivity contribution in [3.8, 4) is 0 Å². The molecule has 0 aromatic rings. The van der Waals surface area contributed by atoms with Crippen molar-refractivity contribution in [2.45, 2.75) is 38.5 Å². The van der Waals surface area contributed by atoms with E-state index in [0.29, 0.717) is 12.6 Å². The van der Waals surface area contributed by atoms with Crippen LogP contribution in [0.3, 0.4) is 0 Å². The van der Waals surface area contributed by atoms with E-state index in [1.807, 2.05) is 13.8 Å². The summed E-state index contributed by atoms with van der Waals surface area (Å²) in [6.45, 7) is 4.54. The highest BCUT2D eigenvalue weighted by molar-refractivity contribution is 5.72. The highest BCUT2D eigenvalue weighted by Crippen LogP contribution is 2.13. The first-order chi connectivity index (χ1) is 5.59. The van der Waals surface area contributed by atoms with Crippen LogP contribution < -0.4 is 5.32 Å². The molecular formula is C8H15NO3. The summed E-state index contributed by atoms with van der Waals surface area (Å²) >= 11 is 0. The maximum atomic E-state index is 10.7. The van der Waals surface area contributed by atoms with E-state index in [1.165, 1.54) is 0 Å². The fourth-order valence-electron chi connectivity index (χ4n) is 1.13. The van der Waals surface area contributed by atoms with Gasteiger partial charge in [0.1, 0.15) is 12.2 Å². The van der Waals surface area contributed by atoms with Gasteiger partial charge in [-0.25, -0.2) is 0 Å².